The van der Waals surface area contributed by atoms with Crippen molar-refractivity contribution in [3.8, 4) is 11.4 Å². The maximum atomic E-state index is 12.4. The van der Waals surface area contributed by atoms with E-state index in [9.17, 15) is 4.79 Å². The molecule has 0 spiro atoms. The van der Waals surface area contributed by atoms with Gasteiger partial charge in [0.25, 0.3) is 5.91 Å². The standard InChI is InChI=1S/C18H17N3O2/c1-13-17(18(22)20-14-6-4-3-5-7-14)12-19-21(13)15-8-10-16(23-2)11-9-15/h3-12H,1-2H3,(H,20,22). The Balaban J connectivity index is 1.85. The number of carbonyl (C=O) groups is 1. The van der Waals surface area contributed by atoms with Crippen molar-refractivity contribution in [2.75, 3.05) is 12.4 Å². The number of carbonyl (C=O) groups excluding carboxylic acids is 1. The fraction of sp³-hybridized carbons (Fsp3) is 0.111. The van der Waals surface area contributed by atoms with Crippen LogP contribution in [0.4, 0.5) is 5.69 Å². The maximum Gasteiger partial charge on any atom is 0.259 e. The number of amides is 1. The summed E-state index contributed by atoms with van der Waals surface area (Å²) in [5, 5.41) is 7.19. The summed E-state index contributed by atoms with van der Waals surface area (Å²) >= 11 is 0. The van der Waals surface area contributed by atoms with Gasteiger partial charge in [0.1, 0.15) is 5.75 Å². The summed E-state index contributed by atoms with van der Waals surface area (Å²) < 4.78 is 6.89. The molecule has 1 aromatic heterocycles. The third kappa shape index (κ3) is 3.08. The third-order valence-corrected chi connectivity index (χ3v) is 3.60. The van der Waals surface area contributed by atoms with Crippen LogP contribution in [0.2, 0.25) is 0 Å². The summed E-state index contributed by atoms with van der Waals surface area (Å²) in [6.07, 6.45) is 1.58. The van der Waals surface area contributed by atoms with Crippen molar-refractivity contribution < 1.29 is 9.53 Å². The highest BCUT2D eigenvalue weighted by Gasteiger charge is 2.15. The fourth-order valence-corrected chi connectivity index (χ4v) is 2.34. The summed E-state index contributed by atoms with van der Waals surface area (Å²) in [7, 11) is 1.63. The number of ether oxygens (including phenoxy) is 1. The van der Waals surface area contributed by atoms with Gasteiger partial charge in [-0.2, -0.15) is 5.10 Å². The van der Waals surface area contributed by atoms with Crippen LogP contribution in [-0.4, -0.2) is 22.8 Å². The van der Waals surface area contributed by atoms with Crippen LogP contribution in [-0.2, 0) is 0 Å². The smallest absolute Gasteiger partial charge is 0.259 e. The van der Waals surface area contributed by atoms with Crippen LogP contribution in [0.25, 0.3) is 5.69 Å². The summed E-state index contributed by atoms with van der Waals surface area (Å²) in [5.74, 6) is 0.606. The molecular weight excluding hydrogens is 290 g/mol. The molecule has 0 fully saturated rings. The Morgan fingerprint density at radius 3 is 2.43 bits per heavy atom. The van der Waals surface area contributed by atoms with E-state index in [2.05, 4.69) is 10.4 Å². The number of benzene rings is 2. The van der Waals surface area contributed by atoms with Gasteiger partial charge in [-0.3, -0.25) is 4.79 Å². The van der Waals surface area contributed by atoms with E-state index < -0.39 is 0 Å². The highest BCUT2D eigenvalue weighted by molar-refractivity contribution is 6.04. The number of nitrogens with zero attached hydrogens (tertiary/aromatic N) is 2. The number of methoxy groups -OCH3 is 1. The van der Waals surface area contributed by atoms with Gasteiger partial charge in [0.2, 0.25) is 0 Å². The van der Waals surface area contributed by atoms with Crippen molar-refractivity contribution in [1.82, 2.24) is 9.78 Å². The van der Waals surface area contributed by atoms with E-state index in [0.717, 1.165) is 22.8 Å². The molecule has 0 unspecified atom stereocenters. The fourth-order valence-electron chi connectivity index (χ4n) is 2.34. The van der Waals surface area contributed by atoms with E-state index >= 15 is 0 Å². The molecule has 23 heavy (non-hydrogen) atoms. The summed E-state index contributed by atoms with van der Waals surface area (Å²) in [5.41, 5.74) is 2.96. The van der Waals surface area contributed by atoms with Crippen LogP contribution in [0.5, 0.6) is 5.75 Å². The van der Waals surface area contributed by atoms with E-state index in [1.54, 1.807) is 18.0 Å². The predicted molar refractivity (Wildman–Crippen MR) is 89.2 cm³/mol. The molecule has 1 heterocycles. The maximum absolute atomic E-state index is 12.4. The lowest BCUT2D eigenvalue weighted by Gasteiger charge is -2.07. The number of nitrogens with one attached hydrogen (secondary N) is 1. The first-order valence-electron chi connectivity index (χ1n) is 7.24. The van der Waals surface area contributed by atoms with Crippen molar-refractivity contribution in [2.24, 2.45) is 0 Å². The SMILES string of the molecule is COc1ccc(-n2ncc(C(=O)Nc3ccccc3)c2C)cc1. The van der Waals surface area contributed by atoms with Crippen LogP contribution in [0.3, 0.4) is 0 Å². The second-order valence-corrected chi connectivity index (χ2v) is 5.07. The minimum atomic E-state index is -0.173. The summed E-state index contributed by atoms with van der Waals surface area (Å²) in [4.78, 5) is 12.4. The minimum Gasteiger partial charge on any atom is -0.497 e. The molecule has 1 N–H and O–H groups in total. The first kappa shape index (κ1) is 14.8. The molecule has 0 aliphatic rings. The van der Waals surface area contributed by atoms with Crippen molar-refractivity contribution in [3.63, 3.8) is 0 Å². The number of aromatic nitrogens is 2. The Bertz CT molecular complexity index is 808. The monoisotopic (exact) mass is 307 g/mol. The molecule has 5 nitrogen and oxygen atoms in total. The zero-order valence-electron chi connectivity index (χ0n) is 13.0. The van der Waals surface area contributed by atoms with Gasteiger partial charge in [0.05, 0.1) is 30.3 Å². The molecular formula is C18H17N3O2. The summed E-state index contributed by atoms with van der Waals surface area (Å²) in [6.45, 7) is 1.87. The number of rotatable bonds is 4. The second kappa shape index (κ2) is 6.36. The molecule has 0 bridgehead atoms. The van der Waals surface area contributed by atoms with Crippen LogP contribution < -0.4 is 10.1 Å². The van der Waals surface area contributed by atoms with Crippen LogP contribution in [0, 0.1) is 6.92 Å². The van der Waals surface area contributed by atoms with Crippen LogP contribution in [0.15, 0.2) is 60.8 Å². The molecule has 0 atom stereocenters. The average Bonchev–Trinajstić information content (AvgIpc) is 2.97. The van der Waals surface area contributed by atoms with Gasteiger partial charge in [-0.15, -0.1) is 0 Å². The molecule has 1 amide bonds. The van der Waals surface area contributed by atoms with Gasteiger partial charge in [0.15, 0.2) is 0 Å². The lowest BCUT2D eigenvalue weighted by atomic mass is 10.2. The molecule has 116 valence electrons. The Morgan fingerprint density at radius 2 is 1.78 bits per heavy atom. The molecule has 3 rings (SSSR count). The number of hydrogen-bond donors (Lipinski definition) is 1. The van der Waals surface area contributed by atoms with Gasteiger partial charge >= 0.3 is 0 Å². The topological polar surface area (TPSA) is 56.2 Å². The first-order valence-corrected chi connectivity index (χ1v) is 7.24. The molecule has 2 aromatic carbocycles. The molecule has 3 aromatic rings. The van der Waals surface area contributed by atoms with Gasteiger partial charge in [0, 0.05) is 5.69 Å². The minimum absolute atomic E-state index is 0.173. The Hall–Kier alpha value is -3.08. The normalized spacial score (nSPS) is 10.3. The lowest BCUT2D eigenvalue weighted by molar-refractivity contribution is 0.102. The Kier molecular flexibility index (Phi) is 4.10. The molecule has 0 radical (unpaired) electrons. The van der Waals surface area contributed by atoms with Gasteiger partial charge in [-0.05, 0) is 43.3 Å². The van der Waals surface area contributed by atoms with Crippen molar-refractivity contribution in [3.05, 3.63) is 72.1 Å². The highest BCUT2D eigenvalue weighted by Crippen LogP contribution is 2.18. The molecule has 5 heteroatoms. The Labute approximate surface area is 134 Å². The zero-order chi connectivity index (χ0) is 16.2. The van der Waals surface area contributed by atoms with Gasteiger partial charge < -0.3 is 10.1 Å². The zero-order valence-corrected chi connectivity index (χ0v) is 13.0. The molecule has 0 saturated heterocycles. The summed E-state index contributed by atoms with van der Waals surface area (Å²) in [6, 6.07) is 16.9. The van der Waals surface area contributed by atoms with E-state index in [1.165, 1.54) is 0 Å². The Morgan fingerprint density at radius 1 is 1.09 bits per heavy atom. The third-order valence-electron chi connectivity index (χ3n) is 3.60. The van der Waals surface area contributed by atoms with Crippen molar-refractivity contribution in [1.29, 1.82) is 0 Å². The number of para-hydroxylation sites is 1. The van der Waals surface area contributed by atoms with E-state index in [4.69, 9.17) is 4.74 Å². The number of anilines is 1. The second-order valence-electron chi connectivity index (χ2n) is 5.07. The average molecular weight is 307 g/mol. The van der Waals surface area contributed by atoms with E-state index in [-0.39, 0.29) is 5.91 Å². The first-order chi connectivity index (χ1) is 11.2. The largest absolute Gasteiger partial charge is 0.497 e. The van der Waals surface area contributed by atoms with E-state index in [1.807, 2.05) is 61.5 Å². The van der Waals surface area contributed by atoms with Gasteiger partial charge in [-0.25, -0.2) is 4.68 Å². The molecule has 0 saturated carbocycles. The van der Waals surface area contributed by atoms with Crippen LogP contribution >= 0.6 is 0 Å². The highest BCUT2D eigenvalue weighted by atomic mass is 16.5. The quantitative estimate of drug-likeness (QED) is 0.803. The number of hydrogen-bond acceptors (Lipinski definition) is 3. The van der Waals surface area contributed by atoms with Crippen LogP contribution in [0.1, 0.15) is 16.1 Å². The molecule has 0 aliphatic heterocycles. The van der Waals surface area contributed by atoms with Crippen molar-refractivity contribution in [2.45, 2.75) is 6.92 Å². The van der Waals surface area contributed by atoms with Crippen molar-refractivity contribution >= 4 is 11.6 Å². The predicted octanol–water partition coefficient (Wildman–Crippen LogP) is 3.44. The van der Waals surface area contributed by atoms with Gasteiger partial charge in [-0.1, -0.05) is 18.2 Å². The van der Waals surface area contributed by atoms with E-state index in [0.29, 0.717) is 5.56 Å². The molecule has 0 aliphatic carbocycles. The lowest BCUT2D eigenvalue weighted by Crippen LogP contribution is -2.13.